The van der Waals surface area contributed by atoms with Crippen LogP contribution < -0.4 is 10.6 Å². The van der Waals surface area contributed by atoms with Crippen LogP contribution in [-0.4, -0.2) is 56.8 Å². The van der Waals surface area contributed by atoms with Crippen molar-refractivity contribution in [1.29, 1.82) is 0 Å². The molecule has 8 heteroatoms. The maximum Gasteiger partial charge on any atom is 0.416 e. The van der Waals surface area contributed by atoms with Crippen LogP contribution in [0.1, 0.15) is 30.9 Å². The minimum Gasteiger partial charge on any atom is -0.379 e. The Morgan fingerprint density at radius 2 is 1.81 bits per heavy atom. The van der Waals surface area contributed by atoms with Crippen molar-refractivity contribution < 1.29 is 17.9 Å². The molecule has 0 aliphatic carbocycles. The summed E-state index contributed by atoms with van der Waals surface area (Å²) in [6, 6.07) is 5.13. The Morgan fingerprint density at radius 3 is 2.44 bits per heavy atom. The van der Waals surface area contributed by atoms with Crippen LogP contribution in [-0.2, 0) is 17.5 Å². The van der Waals surface area contributed by atoms with Crippen molar-refractivity contribution in [3.8, 4) is 0 Å². The van der Waals surface area contributed by atoms with E-state index in [-0.39, 0.29) is 0 Å². The summed E-state index contributed by atoms with van der Waals surface area (Å²) in [5.41, 5.74) is 0.105. The smallest absolute Gasteiger partial charge is 0.379 e. The van der Waals surface area contributed by atoms with Crippen LogP contribution in [0.4, 0.5) is 13.2 Å². The molecule has 0 unspecified atom stereocenters. The summed E-state index contributed by atoms with van der Waals surface area (Å²) in [6.07, 6.45) is -2.17. The van der Waals surface area contributed by atoms with Gasteiger partial charge in [0, 0.05) is 26.2 Å². The lowest BCUT2D eigenvalue weighted by Crippen LogP contribution is -2.39. The summed E-state index contributed by atoms with van der Waals surface area (Å²) in [5.74, 6) is 0.684. The zero-order valence-corrected chi connectivity index (χ0v) is 15.8. The van der Waals surface area contributed by atoms with E-state index in [1.165, 1.54) is 12.1 Å². The zero-order valence-electron chi connectivity index (χ0n) is 15.8. The average molecular weight is 386 g/mol. The summed E-state index contributed by atoms with van der Waals surface area (Å²) in [7, 11) is 0. The van der Waals surface area contributed by atoms with Crippen LogP contribution >= 0.6 is 0 Å². The molecule has 0 radical (unpaired) electrons. The minimum absolute atomic E-state index is 0.335. The first-order valence-electron chi connectivity index (χ1n) is 9.47. The Morgan fingerprint density at radius 1 is 1.11 bits per heavy atom. The number of unbranched alkanes of at least 4 members (excludes halogenated alkanes) is 1. The van der Waals surface area contributed by atoms with E-state index in [0.717, 1.165) is 76.5 Å². The molecule has 2 N–H and O–H groups in total. The number of morpholine rings is 1. The Labute approximate surface area is 159 Å². The molecule has 0 spiro atoms. The van der Waals surface area contributed by atoms with Gasteiger partial charge in [-0.2, -0.15) is 13.2 Å². The number of alkyl halides is 3. The Kier molecular flexibility index (Phi) is 8.87. The average Bonchev–Trinajstić information content (AvgIpc) is 2.66. The number of ether oxygens (including phenoxy) is 1. The van der Waals surface area contributed by atoms with Gasteiger partial charge in [-0.05, 0) is 44.0 Å². The number of nitrogens with zero attached hydrogens (tertiary/aromatic N) is 2. The normalized spacial score (nSPS) is 16.4. The fourth-order valence-electron chi connectivity index (χ4n) is 2.80. The van der Waals surface area contributed by atoms with Crippen molar-refractivity contribution in [2.75, 3.05) is 45.9 Å². The largest absolute Gasteiger partial charge is 0.416 e. The number of halogens is 3. The third kappa shape index (κ3) is 8.17. The van der Waals surface area contributed by atoms with Crippen molar-refractivity contribution in [2.45, 2.75) is 32.5 Å². The molecule has 0 aromatic heterocycles. The van der Waals surface area contributed by atoms with Gasteiger partial charge in [0.05, 0.1) is 25.3 Å². The lowest BCUT2D eigenvalue weighted by molar-refractivity contribution is -0.137. The second-order valence-electron chi connectivity index (χ2n) is 6.48. The van der Waals surface area contributed by atoms with Crippen molar-refractivity contribution >= 4 is 5.96 Å². The van der Waals surface area contributed by atoms with Gasteiger partial charge < -0.3 is 15.4 Å². The minimum atomic E-state index is -4.31. The van der Waals surface area contributed by atoms with E-state index >= 15 is 0 Å². The molecule has 5 nitrogen and oxygen atoms in total. The molecule has 1 aromatic carbocycles. The van der Waals surface area contributed by atoms with Gasteiger partial charge in [-0.15, -0.1) is 0 Å². The van der Waals surface area contributed by atoms with Gasteiger partial charge in [-0.25, -0.2) is 4.99 Å². The highest BCUT2D eigenvalue weighted by atomic mass is 19.4. The van der Waals surface area contributed by atoms with E-state index in [4.69, 9.17) is 4.74 Å². The van der Waals surface area contributed by atoms with Crippen molar-refractivity contribution in [3.05, 3.63) is 35.4 Å². The van der Waals surface area contributed by atoms with E-state index in [0.29, 0.717) is 12.5 Å². The van der Waals surface area contributed by atoms with E-state index < -0.39 is 11.7 Å². The predicted molar refractivity (Wildman–Crippen MR) is 101 cm³/mol. The molecule has 27 heavy (non-hydrogen) atoms. The number of hydrogen-bond donors (Lipinski definition) is 2. The fraction of sp³-hybridized carbons (Fsp3) is 0.632. The molecule has 0 amide bonds. The standard InChI is InChI=1S/C19H29F3N4O/c1-2-23-18(24-9-3-4-10-26-11-13-27-14-12-26)25-15-16-5-7-17(8-6-16)19(20,21)22/h5-8H,2-4,9-15H2,1H3,(H2,23,24,25). The first-order chi connectivity index (χ1) is 13.0. The van der Waals surface area contributed by atoms with Crippen molar-refractivity contribution in [1.82, 2.24) is 15.5 Å². The SMILES string of the molecule is CCNC(=NCc1ccc(C(F)(F)F)cc1)NCCCCN1CCOCC1. The number of nitrogens with one attached hydrogen (secondary N) is 2. The zero-order chi connectivity index (χ0) is 19.5. The van der Waals surface area contributed by atoms with Gasteiger partial charge >= 0.3 is 6.18 Å². The van der Waals surface area contributed by atoms with Gasteiger partial charge in [0.1, 0.15) is 0 Å². The van der Waals surface area contributed by atoms with Crippen LogP contribution in [0.5, 0.6) is 0 Å². The van der Waals surface area contributed by atoms with E-state index in [2.05, 4.69) is 20.5 Å². The molecular weight excluding hydrogens is 357 g/mol. The Bertz CT molecular complexity index is 569. The van der Waals surface area contributed by atoms with E-state index in [1.807, 2.05) is 6.92 Å². The van der Waals surface area contributed by atoms with Gasteiger partial charge in [0.25, 0.3) is 0 Å². The van der Waals surface area contributed by atoms with Gasteiger partial charge in [0.2, 0.25) is 0 Å². The third-order valence-corrected chi connectivity index (χ3v) is 4.34. The highest BCUT2D eigenvalue weighted by Gasteiger charge is 2.29. The van der Waals surface area contributed by atoms with Gasteiger partial charge in [-0.1, -0.05) is 12.1 Å². The quantitative estimate of drug-likeness (QED) is 0.410. The maximum absolute atomic E-state index is 12.6. The summed E-state index contributed by atoms with van der Waals surface area (Å²) >= 11 is 0. The molecule has 1 saturated heterocycles. The molecule has 2 rings (SSSR count). The fourth-order valence-corrected chi connectivity index (χ4v) is 2.80. The highest BCUT2D eigenvalue weighted by molar-refractivity contribution is 5.79. The monoisotopic (exact) mass is 386 g/mol. The summed E-state index contributed by atoms with van der Waals surface area (Å²) < 4.78 is 43.1. The van der Waals surface area contributed by atoms with E-state index in [1.54, 1.807) is 0 Å². The van der Waals surface area contributed by atoms with Crippen LogP contribution in [0, 0.1) is 0 Å². The number of benzene rings is 1. The number of hydrogen-bond acceptors (Lipinski definition) is 3. The van der Waals surface area contributed by atoms with Crippen molar-refractivity contribution in [2.24, 2.45) is 4.99 Å². The lowest BCUT2D eigenvalue weighted by Gasteiger charge is -2.26. The summed E-state index contributed by atoms with van der Waals surface area (Å²) in [4.78, 5) is 6.86. The highest BCUT2D eigenvalue weighted by Crippen LogP contribution is 2.29. The molecule has 1 aliphatic heterocycles. The van der Waals surface area contributed by atoms with Gasteiger partial charge in [0.15, 0.2) is 5.96 Å². The molecule has 1 fully saturated rings. The Balaban J connectivity index is 1.73. The molecule has 0 saturated carbocycles. The molecule has 1 aliphatic rings. The first-order valence-corrected chi connectivity index (χ1v) is 9.47. The molecule has 1 heterocycles. The lowest BCUT2D eigenvalue weighted by atomic mass is 10.1. The molecule has 0 bridgehead atoms. The predicted octanol–water partition coefficient (Wildman–Crippen LogP) is 2.87. The first kappa shape index (κ1) is 21.5. The van der Waals surface area contributed by atoms with Gasteiger partial charge in [-0.3, -0.25) is 4.90 Å². The topological polar surface area (TPSA) is 48.9 Å². The van der Waals surface area contributed by atoms with Crippen LogP contribution in [0.2, 0.25) is 0 Å². The Hall–Kier alpha value is -1.80. The summed E-state index contributed by atoms with van der Waals surface area (Å²) in [5, 5.41) is 6.44. The van der Waals surface area contributed by atoms with Crippen LogP contribution in [0.3, 0.4) is 0 Å². The van der Waals surface area contributed by atoms with Crippen molar-refractivity contribution in [3.63, 3.8) is 0 Å². The molecule has 152 valence electrons. The molecule has 0 atom stereocenters. The van der Waals surface area contributed by atoms with Crippen LogP contribution in [0.15, 0.2) is 29.3 Å². The number of guanidine groups is 1. The maximum atomic E-state index is 12.6. The van der Waals surface area contributed by atoms with Crippen LogP contribution in [0.25, 0.3) is 0 Å². The third-order valence-electron chi connectivity index (χ3n) is 4.34. The number of aliphatic imine (C=N–C) groups is 1. The summed E-state index contributed by atoms with van der Waals surface area (Å²) in [6.45, 7) is 8.57. The second-order valence-corrected chi connectivity index (χ2v) is 6.48. The molecular formula is C19H29F3N4O. The number of rotatable bonds is 8. The molecule has 1 aromatic rings. The van der Waals surface area contributed by atoms with E-state index in [9.17, 15) is 13.2 Å². The second kappa shape index (κ2) is 11.1.